The van der Waals surface area contributed by atoms with Crippen molar-refractivity contribution in [3.8, 4) is 5.75 Å². The minimum atomic E-state index is -1.00. The maximum Gasteiger partial charge on any atom is 0.345 e. The van der Waals surface area contributed by atoms with Crippen molar-refractivity contribution in [2.45, 2.75) is 32.7 Å². The van der Waals surface area contributed by atoms with E-state index < -0.39 is 11.8 Å². The van der Waals surface area contributed by atoms with Crippen molar-refractivity contribution in [3.63, 3.8) is 0 Å². The molecule has 0 aliphatic carbocycles. The fourth-order valence-corrected chi connectivity index (χ4v) is 2.58. The van der Waals surface area contributed by atoms with Gasteiger partial charge in [-0.15, -0.1) is 0 Å². The van der Waals surface area contributed by atoms with Gasteiger partial charge in [-0.05, 0) is 5.56 Å². The number of carbonyl (C=O) groups excluding carboxylic acids is 1. The summed E-state index contributed by atoms with van der Waals surface area (Å²) in [5.74, 6) is -0.898. The lowest BCUT2D eigenvalue weighted by atomic mass is 10.0. The highest BCUT2D eigenvalue weighted by Crippen LogP contribution is 2.37. The Balaban J connectivity index is 2.05. The van der Waals surface area contributed by atoms with Crippen molar-refractivity contribution in [1.82, 2.24) is 9.78 Å². The molecule has 2 heterocycles. The van der Waals surface area contributed by atoms with Gasteiger partial charge in [-0.25, -0.2) is 4.79 Å². The van der Waals surface area contributed by atoms with Crippen molar-refractivity contribution in [2.24, 2.45) is 5.73 Å². The van der Waals surface area contributed by atoms with Crippen molar-refractivity contribution in [2.75, 3.05) is 0 Å². The molecule has 3 rings (SSSR count). The number of hydrogen-bond donors (Lipinski definition) is 1. The molecule has 23 heavy (non-hydrogen) atoms. The van der Waals surface area contributed by atoms with Gasteiger partial charge in [-0.3, -0.25) is 4.68 Å². The molecule has 120 valence electrons. The Morgan fingerprint density at radius 3 is 2.83 bits per heavy atom. The summed E-state index contributed by atoms with van der Waals surface area (Å²) in [6, 6.07) is 3.74. The summed E-state index contributed by atoms with van der Waals surface area (Å²) in [7, 11) is 0. The first-order valence-corrected chi connectivity index (χ1v) is 7.35. The number of carbonyl (C=O) groups is 1. The largest absolute Gasteiger partial charge is 0.451 e. The van der Waals surface area contributed by atoms with Gasteiger partial charge in [0.05, 0.1) is 12.7 Å². The lowest BCUT2D eigenvalue weighted by molar-refractivity contribution is -0.127. The summed E-state index contributed by atoms with van der Waals surface area (Å²) in [4.78, 5) is 12.5. The first-order chi connectivity index (χ1) is 10.9. The fourth-order valence-electron chi connectivity index (χ4n) is 2.58. The van der Waals surface area contributed by atoms with Crippen LogP contribution in [0.5, 0.6) is 5.75 Å². The van der Waals surface area contributed by atoms with Crippen molar-refractivity contribution < 1.29 is 14.3 Å². The second-order valence-electron chi connectivity index (χ2n) is 5.86. The van der Waals surface area contributed by atoms with Crippen LogP contribution in [0.4, 0.5) is 0 Å². The monoisotopic (exact) mass is 313 g/mol. The van der Waals surface area contributed by atoms with Gasteiger partial charge < -0.3 is 15.2 Å². The Kier molecular flexibility index (Phi) is 3.69. The Morgan fingerprint density at radius 2 is 2.17 bits per heavy atom. The van der Waals surface area contributed by atoms with Crippen molar-refractivity contribution in [3.05, 3.63) is 53.4 Å². The van der Waals surface area contributed by atoms with E-state index in [1.165, 1.54) is 0 Å². The highest BCUT2D eigenvalue weighted by molar-refractivity contribution is 5.96. The predicted molar refractivity (Wildman–Crippen MR) is 85.9 cm³/mol. The fraction of sp³-hybridized carbons (Fsp3) is 0.294. The number of aromatic nitrogens is 2. The van der Waals surface area contributed by atoms with Crippen LogP contribution in [0.2, 0.25) is 0 Å². The summed E-state index contributed by atoms with van der Waals surface area (Å²) in [5.41, 5.74) is 8.49. The van der Waals surface area contributed by atoms with Crippen LogP contribution < -0.4 is 10.5 Å². The third kappa shape index (κ3) is 2.85. The first kappa shape index (κ1) is 15.3. The number of rotatable bonds is 4. The zero-order valence-electron chi connectivity index (χ0n) is 13.2. The average Bonchev–Trinajstić information content (AvgIpc) is 2.93. The van der Waals surface area contributed by atoms with Gasteiger partial charge >= 0.3 is 5.97 Å². The number of hydrogen-bond acceptors (Lipinski definition) is 5. The number of nitrogens with zero attached hydrogens (tertiary/aromatic N) is 2. The van der Waals surface area contributed by atoms with Crippen LogP contribution in [0, 0.1) is 0 Å². The first-order valence-electron chi connectivity index (χ1n) is 7.35. The number of cyclic esters (lactones) is 1. The number of benzene rings is 1. The quantitative estimate of drug-likeness (QED) is 0.876. The molecule has 0 spiro atoms. The maximum atomic E-state index is 12.5. The zero-order valence-corrected chi connectivity index (χ0v) is 13.2. The van der Waals surface area contributed by atoms with Crippen molar-refractivity contribution >= 4 is 12.0 Å². The topological polar surface area (TPSA) is 79.4 Å². The summed E-state index contributed by atoms with van der Waals surface area (Å²) in [6.45, 7) is 8.03. The van der Waals surface area contributed by atoms with Crippen LogP contribution in [-0.4, -0.2) is 21.5 Å². The second-order valence-corrected chi connectivity index (χ2v) is 5.86. The molecule has 1 aliphatic rings. The van der Waals surface area contributed by atoms with Gasteiger partial charge in [-0.1, -0.05) is 24.8 Å². The number of esters is 1. The normalized spacial score (nSPS) is 15.5. The molecule has 2 aromatic rings. The Labute approximate surface area is 134 Å². The van der Waals surface area contributed by atoms with E-state index in [1.807, 2.05) is 18.3 Å². The van der Waals surface area contributed by atoms with Gasteiger partial charge in [0.15, 0.2) is 0 Å². The molecule has 6 heteroatoms. The molecule has 0 unspecified atom stereocenters. The zero-order chi connectivity index (χ0) is 16.6. The second kappa shape index (κ2) is 5.55. The molecule has 1 aromatic heterocycles. The number of nitrogens with two attached hydrogens (primary N) is 1. The van der Waals surface area contributed by atoms with Gasteiger partial charge in [0.25, 0.3) is 0 Å². The molecule has 1 aromatic carbocycles. The molecule has 1 aliphatic heterocycles. The van der Waals surface area contributed by atoms with Crippen LogP contribution in [0.15, 0.2) is 31.1 Å². The van der Waals surface area contributed by atoms with Crippen LogP contribution >= 0.6 is 0 Å². The Bertz CT molecular complexity index is 777. The lowest BCUT2D eigenvalue weighted by Gasteiger charge is -2.33. The molecule has 0 saturated heterocycles. The van der Waals surface area contributed by atoms with Gasteiger partial charge in [0.1, 0.15) is 11.3 Å². The van der Waals surface area contributed by atoms with Gasteiger partial charge in [0, 0.05) is 37.7 Å². The summed E-state index contributed by atoms with van der Waals surface area (Å²) in [6.07, 6.45) is 5.23. The van der Waals surface area contributed by atoms with E-state index >= 15 is 0 Å². The van der Waals surface area contributed by atoms with Gasteiger partial charge in [0.2, 0.25) is 5.79 Å². The van der Waals surface area contributed by atoms with Gasteiger partial charge in [-0.2, -0.15) is 5.10 Å². The average molecular weight is 313 g/mol. The van der Waals surface area contributed by atoms with E-state index in [0.717, 1.165) is 16.7 Å². The standard InChI is InChI=1S/C17H19N3O3/c1-4-12-5-6-13(10-20-9-11(7-18)8-19-20)14-15(12)22-17(2,3)23-16(14)21/h4-6,8-9H,1,7,10,18H2,2-3H3. The SMILES string of the molecule is C=Cc1ccc(Cn2cc(CN)cn2)c2c1OC(C)(C)OC2=O. The summed E-state index contributed by atoms with van der Waals surface area (Å²) in [5, 5.41) is 4.25. The molecule has 0 fully saturated rings. The number of ether oxygens (including phenoxy) is 2. The molecule has 0 saturated carbocycles. The molecule has 6 nitrogen and oxygen atoms in total. The molecule has 0 bridgehead atoms. The predicted octanol–water partition coefficient (Wildman–Crippen LogP) is 2.32. The molecule has 0 atom stereocenters. The van der Waals surface area contributed by atoms with Crippen LogP contribution in [0.3, 0.4) is 0 Å². The van der Waals surface area contributed by atoms with E-state index in [0.29, 0.717) is 24.4 Å². The van der Waals surface area contributed by atoms with Crippen LogP contribution in [-0.2, 0) is 17.8 Å². The molecule has 2 N–H and O–H groups in total. The van der Waals surface area contributed by atoms with E-state index in [-0.39, 0.29) is 0 Å². The third-order valence-electron chi connectivity index (χ3n) is 3.64. The van der Waals surface area contributed by atoms with E-state index in [2.05, 4.69) is 11.7 Å². The van der Waals surface area contributed by atoms with Crippen LogP contribution in [0.1, 0.15) is 40.9 Å². The van der Waals surface area contributed by atoms with E-state index in [1.54, 1.807) is 30.8 Å². The highest BCUT2D eigenvalue weighted by atomic mass is 16.7. The molecular weight excluding hydrogens is 294 g/mol. The summed E-state index contributed by atoms with van der Waals surface area (Å²) >= 11 is 0. The van der Waals surface area contributed by atoms with Crippen LogP contribution in [0.25, 0.3) is 6.08 Å². The Hall–Kier alpha value is -2.60. The minimum absolute atomic E-state index is 0.402. The summed E-state index contributed by atoms with van der Waals surface area (Å²) < 4.78 is 12.9. The Morgan fingerprint density at radius 1 is 1.39 bits per heavy atom. The lowest BCUT2D eigenvalue weighted by Crippen LogP contribution is -2.39. The third-order valence-corrected chi connectivity index (χ3v) is 3.64. The highest BCUT2D eigenvalue weighted by Gasteiger charge is 2.36. The molecular formula is C17H19N3O3. The smallest absolute Gasteiger partial charge is 0.345 e. The van der Waals surface area contributed by atoms with E-state index in [4.69, 9.17) is 15.2 Å². The molecule has 0 radical (unpaired) electrons. The maximum absolute atomic E-state index is 12.5. The van der Waals surface area contributed by atoms with E-state index in [9.17, 15) is 4.79 Å². The minimum Gasteiger partial charge on any atom is -0.451 e. The van der Waals surface area contributed by atoms with Crippen molar-refractivity contribution in [1.29, 1.82) is 0 Å². The molecule has 0 amide bonds. The number of fused-ring (bicyclic) bond motifs is 1.